The Morgan fingerprint density at radius 3 is 2.58 bits per heavy atom. The zero-order valence-corrected chi connectivity index (χ0v) is 13.6. The van der Waals surface area contributed by atoms with E-state index in [9.17, 15) is 22.8 Å². The van der Waals surface area contributed by atoms with Gasteiger partial charge in [-0.25, -0.2) is 13.2 Å². The molecule has 2 rings (SSSR count). The third-order valence-electron chi connectivity index (χ3n) is 3.70. The molecule has 1 saturated heterocycles. The molecule has 1 heterocycles. The monoisotopic (exact) mass is 365 g/mol. The molecule has 1 aromatic rings. The van der Waals surface area contributed by atoms with Crippen LogP contribution in [0.3, 0.4) is 0 Å². The predicted octanol–water partition coefficient (Wildman–Crippen LogP) is 1.97. The van der Waals surface area contributed by atoms with Crippen molar-refractivity contribution in [2.45, 2.75) is 19.3 Å². The molecule has 0 bridgehead atoms. The minimum atomic E-state index is -1.66. The van der Waals surface area contributed by atoms with E-state index < -0.39 is 29.0 Å². The van der Waals surface area contributed by atoms with Crippen LogP contribution in [0.25, 0.3) is 0 Å². The molecule has 0 saturated carbocycles. The summed E-state index contributed by atoms with van der Waals surface area (Å²) in [4.78, 5) is 23.2. The van der Waals surface area contributed by atoms with Crippen LogP contribution in [0.5, 0.6) is 0 Å². The van der Waals surface area contributed by atoms with Gasteiger partial charge in [-0.3, -0.25) is 9.59 Å². The SMILES string of the molecule is Cl.O=C(CCC1CCNC1)NCC(=O)Nc1ccc(F)c(F)c1F. The van der Waals surface area contributed by atoms with Gasteiger partial charge in [0.25, 0.3) is 0 Å². The molecule has 1 unspecified atom stereocenters. The summed E-state index contributed by atoms with van der Waals surface area (Å²) in [6.07, 6.45) is 2.07. The van der Waals surface area contributed by atoms with Crippen LogP contribution in [-0.4, -0.2) is 31.4 Å². The molecular formula is C15H19ClF3N3O2. The summed E-state index contributed by atoms with van der Waals surface area (Å²) in [6.45, 7) is 1.48. The highest BCUT2D eigenvalue weighted by atomic mass is 35.5. The summed E-state index contributed by atoms with van der Waals surface area (Å²) in [6, 6.07) is 1.63. The first-order valence-electron chi connectivity index (χ1n) is 7.38. The van der Waals surface area contributed by atoms with Crippen molar-refractivity contribution in [1.29, 1.82) is 0 Å². The Bertz CT molecular complexity index is 596. The molecule has 1 aliphatic rings. The Hall–Kier alpha value is -1.80. The van der Waals surface area contributed by atoms with Gasteiger partial charge in [0.1, 0.15) is 0 Å². The molecule has 9 heteroatoms. The van der Waals surface area contributed by atoms with Gasteiger partial charge in [0, 0.05) is 6.42 Å². The van der Waals surface area contributed by atoms with Crippen LogP contribution in [0.15, 0.2) is 12.1 Å². The van der Waals surface area contributed by atoms with Crippen LogP contribution >= 0.6 is 12.4 Å². The number of amides is 2. The normalized spacial score (nSPS) is 16.4. The molecule has 0 radical (unpaired) electrons. The van der Waals surface area contributed by atoms with Crippen LogP contribution in [0.1, 0.15) is 19.3 Å². The van der Waals surface area contributed by atoms with E-state index in [0.29, 0.717) is 18.4 Å². The summed E-state index contributed by atoms with van der Waals surface area (Å²) >= 11 is 0. The largest absolute Gasteiger partial charge is 0.347 e. The molecule has 1 fully saturated rings. The first-order chi connectivity index (χ1) is 11.0. The van der Waals surface area contributed by atoms with Crippen molar-refractivity contribution < 1.29 is 22.8 Å². The maximum Gasteiger partial charge on any atom is 0.243 e. The Morgan fingerprint density at radius 1 is 1.17 bits per heavy atom. The number of halogens is 4. The number of carbonyl (C=O) groups is 2. The Kier molecular flexibility index (Phi) is 8.00. The zero-order chi connectivity index (χ0) is 16.8. The molecule has 24 heavy (non-hydrogen) atoms. The topological polar surface area (TPSA) is 70.2 Å². The smallest absolute Gasteiger partial charge is 0.243 e. The van der Waals surface area contributed by atoms with Gasteiger partial charge >= 0.3 is 0 Å². The quantitative estimate of drug-likeness (QED) is 0.675. The fourth-order valence-corrected chi connectivity index (χ4v) is 2.38. The lowest BCUT2D eigenvalue weighted by Crippen LogP contribution is -2.33. The minimum absolute atomic E-state index is 0. The Balaban J connectivity index is 0.00000288. The molecule has 134 valence electrons. The third kappa shape index (κ3) is 5.68. The van der Waals surface area contributed by atoms with E-state index in [0.717, 1.165) is 32.0 Å². The molecule has 1 aromatic carbocycles. The second-order valence-electron chi connectivity index (χ2n) is 5.45. The van der Waals surface area contributed by atoms with Crippen LogP contribution in [0.2, 0.25) is 0 Å². The van der Waals surface area contributed by atoms with Gasteiger partial charge in [-0.1, -0.05) is 0 Å². The number of carbonyl (C=O) groups excluding carboxylic acids is 2. The highest BCUT2D eigenvalue weighted by Crippen LogP contribution is 2.19. The van der Waals surface area contributed by atoms with E-state index in [1.54, 1.807) is 0 Å². The van der Waals surface area contributed by atoms with Crippen molar-refractivity contribution >= 4 is 29.9 Å². The number of hydrogen-bond acceptors (Lipinski definition) is 3. The van der Waals surface area contributed by atoms with Crippen LogP contribution in [0.4, 0.5) is 18.9 Å². The molecule has 0 spiro atoms. The van der Waals surface area contributed by atoms with E-state index >= 15 is 0 Å². The number of anilines is 1. The molecule has 0 aromatic heterocycles. The predicted molar refractivity (Wildman–Crippen MR) is 85.4 cm³/mol. The second kappa shape index (κ2) is 9.48. The standard InChI is InChI=1S/C15H18F3N3O2.ClH/c16-10-2-3-11(15(18)14(10)17)21-13(23)8-20-12(22)4-1-9-5-6-19-7-9;/h2-3,9,19H,1,4-8H2,(H,20,22)(H,21,23);1H. The summed E-state index contributed by atoms with van der Waals surface area (Å²) in [5, 5.41) is 7.69. The van der Waals surface area contributed by atoms with Gasteiger partial charge in [-0.2, -0.15) is 0 Å². The van der Waals surface area contributed by atoms with Crippen LogP contribution in [-0.2, 0) is 9.59 Å². The zero-order valence-electron chi connectivity index (χ0n) is 12.8. The van der Waals surface area contributed by atoms with E-state index in [1.807, 2.05) is 0 Å². The van der Waals surface area contributed by atoms with Gasteiger partial charge in [0.05, 0.1) is 12.2 Å². The summed E-state index contributed by atoms with van der Waals surface area (Å²) in [5.41, 5.74) is -0.472. The lowest BCUT2D eigenvalue weighted by molar-refractivity contribution is -0.124. The molecule has 0 aliphatic carbocycles. The lowest BCUT2D eigenvalue weighted by Gasteiger charge is -2.10. The fourth-order valence-electron chi connectivity index (χ4n) is 2.38. The van der Waals surface area contributed by atoms with Crippen molar-refractivity contribution in [2.24, 2.45) is 5.92 Å². The maximum atomic E-state index is 13.4. The van der Waals surface area contributed by atoms with Crippen molar-refractivity contribution in [2.75, 3.05) is 25.0 Å². The van der Waals surface area contributed by atoms with E-state index in [-0.39, 0.29) is 24.9 Å². The van der Waals surface area contributed by atoms with E-state index in [1.165, 1.54) is 0 Å². The average Bonchev–Trinajstić information content (AvgIpc) is 3.05. The van der Waals surface area contributed by atoms with Gasteiger partial charge < -0.3 is 16.0 Å². The first kappa shape index (κ1) is 20.2. The van der Waals surface area contributed by atoms with Gasteiger partial charge in [-0.15, -0.1) is 12.4 Å². The highest BCUT2D eigenvalue weighted by Gasteiger charge is 2.17. The van der Waals surface area contributed by atoms with Gasteiger partial charge in [0.15, 0.2) is 17.5 Å². The van der Waals surface area contributed by atoms with Gasteiger partial charge in [-0.05, 0) is 44.0 Å². The summed E-state index contributed by atoms with van der Waals surface area (Å²) < 4.78 is 39.2. The molecule has 1 atom stereocenters. The van der Waals surface area contributed by atoms with Crippen LogP contribution in [0, 0.1) is 23.4 Å². The molecule has 2 amide bonds. The van der Waals surface area contributed by atoms with Gasteiger partial charge in [0.2, 0.25) is 11.8 Å². The number of benzene rings is 1. The maximum absolute atomic E-state index is 13.4. The molecule has 5 nitrogen and oxygen atoms in total. The minimum Gasteiger partial charge on any atom is -0.347 e. The van der Waals surface area contributed by atoms with Crippen LogP contribution < -0.4 is 16.0 Å². The highest BCUT2D eigenvalue weighted by molar-refractivity contribution is 5.94. The van der Waals surface area contributed by atoms with Crippen molar-refractivity contribution in [3.05, 3.63) is 29.6 Å². The summed E-state index contributed by atoms with van der Waals surface area (Å²) in [5.74, 6) is -5.00. The second-order valence-corrected chi connectivity index (χ2v) is 5.45. The van der Waals surface area contributed by atoms with Crippen molar-refractivity contribution in [1.82, 2.24) is 10.6 Å². The Labute approximate surface area is 143 Å². The molecule has 3 N–H and O–H groups in total. The number of rotatable bonds is 6. The van der Waals surface area contributed by atoms with E-state index in [4.69, 9.17) is 0 Å². The third-order valence-corrected chi connectivity index (χ3v) is 3.70. The lowest BCUT2D eigenvalue weighted by atomic mass is 10.0. The Morgan fingerprint density at radius 2 is 1.92 bits per heavy atom. The fraction of sp³-hybridized carbons (Fsp3) is 0.467. The first-order valence-corrected chi connectivity index (χ1v) is 7.38. The van der Waals surface area contributed by atoms with E-state index in [2.05, 4.69) is 16.0 Å². The molecule has 1 aliphatic heterocycles. The number of nitrogens with one attached hydrogen (secondary N) is 3. The van der Waals surface area contributed by atoms with Crippen molar-refractivity contribution in [3.8, 4) is 0 Å². The summed E-state index contributed by atoms with van der Waals surface area (Å²) in [7, 11) is 0. The molecular weight excluding hydrogens is 347 g/mol. The van der Waals surface area contributed by atoms with Crippen molar-refractivity contribution in [3.63, 3.8) is 0 Å². The number of hydrogen-bond donors (Lipinski definition) is 3. The average molecular weight is 366 g/mol.